The van der Waals surface area contributed by atoms with Crippen LogP contribution in [-0.4, -0.2) is 44.9 Å². The molecule has 1 aromatic carbocycles. The van der Waals surface area contributed by atoms with Crippen LogP contribution < -0.4 is 0 Å². The fraction of sp³-hybridized carbons (Fsp3) is 0.538. The number of methoxy groups -OCH3 is 1. The van der Waals surface area contributed by atoms with Gasteiger partial charge in [-0.25, -0.2) is 0 Å². The Morgan fingerprint density at radius 2 is 2.19 bits per heavy atom. The summed E-state index contributed by atoms with van der Waals surface area (Å²) < 4.78 is 10.9. The van der Waals surface area contributed by atoms with Crippen molar-refractivity contribution in [1.82, 2.24) is 4.90 Å². The standard InChI is InChI=1S/C13H19NO2/c1-15-9-7-14-8-10-16-13(11-14)12-5-3-2-4-6-12/h2-6,13H,7-11H2,1H3. The van der Waals surface area contributed by atoms with Gasteiger partial charge in [0.15, 0.2) is 0 Å². The van der Waals surface area contributed by atoms with E-state index in [9.17, 15) is 0 Å². The molecule has 1 aliphatic rings. The lowest BCUT2D eigenvalue weighted by Gasteiger charge is -2.32. The molecule has 0 spiro atoms. The van der Waals surface area contributed by atoms with Crippen LogP contribution in [0, 0.1) is 0 Å². The number of benzene rings is 1. The van der Waals surface area contributed by atoms with E-state index in [0.717, 1.165) is 32.8 Å². The first-order chi connectivity index (χ1) is 7.90. The van der Waals surface area contributed by atoms with E-state index in [2.05, 4.69) is 29.2 Å². The minimum atomic E-state index is 0.215. The van der Waals surface area contributed by atoms with E-state index in [0.29, 0.717) is 0 Å². The summed E-state index contributed by atoms with van der Waals surface area (Å²) in [6.07, 6.45) is 0.215. The van der Waals surface area contributed by atoms with Crippen molar-refractivity contribution >= 4 is 0 Å². The van der Waals surface area contributed by atoms with Gasteiger partial charge in [0.2, 0.25) is 0 Å². The van der Waals surface area contributed by atoms with Crippen LogP contribution in [0.2, 0.25) is 0 Å². The van der Waals surface area contributed by atoms with Crippen LogP contribution in [0.5, 0.6) is 0 Å². The number of hydrogen-bond donors (Lipinski definition) is 0. The van der Waals surface area contributed by atoms with E-state index in [-0.39, 0.29) is 6.10 Å². The molecule has 1 atom stereocenters. The third-order valence-electron chi connectivity index (χ3n) is 2.93. The molecule has 0 saturated carbocycles. The Labute approximate surface area is 97.0 Å². The lowest BCUT2D eigenvalue weighted by atomic mass is 10.1. The average molecular weight is 221 g/mol. The topological polar surface area (TPSA) is 21.7 Å². The van der Waals surface area contributed by atoms with Crippen LogP contribution >= 0.6 is 0 Å². The average Bonchev–Trinajstić information content (AvgIpc) is 2.38. The Kier molecular flexibility index (Phi) is 4.34. The molecule has 1 fully saturated rings. The highest BCUT2D eigenvalue weighted by Gasteiger charge is 2.21. The molecule has 0 amide bonds. The minimum absolute atomic E-state index is 0.215. The molecule has 3 heteroatoms. The van der Waals surface area contributed by atoms with Crippen LogP contribution in [0.3, 0.4) is 0 Å². The first-order valence-corrected chi connectivity index (χ1v) is 5.78. The molecule has 0 aromatic heterocycles. The third kappa shape index (κ3) is 3.04. The fourth-order valence-electron chi connectivity index (χ4n) is 2.00. The second-order valence-electron chi connectivity index (χ2n) is 4.06. The molecule has 1 aliphatic heterocycles. The Bertz CT molecular complexity index is 302. The summed E-state index contributed by atoms with van der Waals surface area (Å²) in [5, 5.41) is 0. The predicted molar refractivity (Wildman–Crippen MR) is 63.5 cm³/mol. The molecule has 1 aromatic rings. The maximum atomic E-state index is 5.79. The number of ether oxygens (including phenoxy) is 2. The van der Waals surface area contributed by atoms with Gasteiger partial charge in [0.1, 0.15) is 0 Å². The number of hydrogen-bond acceptors (Lipinski definition) is 3. The molecular weight excluding hydrogens is 202 g/mol. The van der Waals surface area contributed by atoms with Gasteiger partial charge in [-0.3, -0.25) is 4.90 Å². The minimum Gasteiger partial charge on any atom is -0.383 e. The van der Waals surface area contributed by atoms with Crippen LogP contribution in [0.4, 0.5) is 0 Å². The van der Waals surface area contributed by atoms with E-state index in [1.165, 1.54) is 5.56 Å². The van der Waals surface area contributed by atoms with E-state index < -0.39 is 0 Å². The largest absolute Gasteiger partial charge is 0.383 e. The highest BCUT2D eigenvalue weighted by Crippen LogP contribution is 2.21. The van der Waals surface area contributed by atoms with Gasteiger partial charge in [0.05, 0.1) is 19.3 Å². The summed E-state index contributed by atoms with van der Waals surface area (Å²) in [4.78, 5) is 2.39. The first-order valence-electron chi connectivity index (χ1n) is 5.78. The molecule has 1 heterocycles. The lowest BCUT2D eigenvalue weighted by Crippen LogP contribution is -2.40. The highest BCUT2D eigenvalue weighted by atomic mass is 16.5. The summed E-state index contributed by atoms with van der Waals surface area (Å²) in [5.41, 5.74) is 1.27. The number of nitrogens with zero attached hydrogens (tertiary/aromatic N) is 1. The van der Waals surface area contributed by atoms with Crippen molar-refractivity contribution < 1.29 is 9.47 Å². The summed E-state index contributed by atoms with van der Waals surface area (Å²) in [5.74, 6) is 0. The smallest absolute Gasteiger partial charge is 0.0952 e. The van der Waals surface area contributed by atoms with Gasteiger partial charge in [0.25, 0.3) is 0 Å². The van der Waals surface area contributed by atoms with Gasteiger partial charge < -0.3 is 9.47 Å². The summed E-state index contributed by atoms with van der Waals surface area (Å²) in [6, 6.07) is 10.4. The maximum absolute atomic E-state index is 5.79. The van der Waals surface area contributed by atoms with E-state index in [1.54, 1.807) is 7.11 Å². The van der Waals surface area contributed by atoms with E-state index >= 15 is 0 Å². The normalized spacial score (nSPS) is 22.2. The summed E-state index contributed by atoms with van der Waals surface area (Å²) in [6.45, 7) is 4.56. The summed E-state index contributed by atoms with van der Waals surface area (Å²) in [7, 11) is 1.75. The zero-order valence-electron chi connectivity index (χ0n) is 9.76. The van der Waals surface area contributed by atoms with Crippen LogP contribution in [0.25, 0.3) is 0 Å². The monoisotopic (exact) mass is 221 g/mol. The maximum Gasteiger partial charge on any atom is 0.0952 e. The van der Waals surface area contributed by atoms with Gasteiger partial charge in [-0.05, 0) is 5.56 Å². The molecule has 3 nitrogen and oxygen atoms in total. The third-order valence-corrected chi connectivity index (χ3v) is 2.93. The molecule has 0 aliphatic carbocycles. The lowest BCUT2D eigenvalue weighted by molar-refractivity contribution is -0.0356. The van der Waals surface area contributed by atoms with Crippen molar-refractivity contribution in [1.29, 1.82) is 0 Å². The van der Waals surface area contributed by atoms with Crippen molar-refractivity contribution in [3.05, 3.63) is 35.9 Å². The van der Waals surface area contributed by atoms with E-state index in [1.807, 2.05) is 6.07 Å². The zero-order valence-corrected chi connectivity index (χ0v) is 9.76. The number of morpholine rings is 1. The fourth-order valence-corrected chi connectivity index (χ4v) is 2.00. The SMILES string of the molecule is COCCN1CCOC(c2ccccc2)C1. The first kappa shape index (κ1) is 11.6. The molecule has 2 rings (SSSR count). The second-order valence-corrected chi connectivity index (χ2v) is 4.06. The Morgan fingerprint density at radius 3 is 2.94 bits per heavy atom. The van der Waals surface area contributed by atoms with Gasteiger partial charge in [0, 0.05) is 26.7 Å². The van der Waals surface area contributed by atoms with Crippen LogP contribution in [0.1, 0.15) is 11.7 Å². The van der Waals surface area contributed by atoms with Crippen molar-refractivity contribution in [2.24, 2.45) is 0 Å². The molecule has 1 saturated heterocycles. The predicted octanol–water partition coefficient (Wildman–Crippen LogP) is 1.71. The molecule has 88 valence electrons. The van der Waals surface area contributed by atoms with Crippen molar-refractivity contribution in [2.45, 2.75) is 6.10 Å². The van der Waals surface area contributed by atoms with Crippen LogP contribution in [0.15, 0.2) is 30.3 Å². The molecule has 0 bridgehead atoms. The molecule has 0 N–H and O–H groups in total. The molecule has 0 radical (unpaired) electrons. The second kappa shape index (κ2) is 5.99. The molecular formula is C13H19NO2. The summed E-state index contributed by atoms with van der Waals surface area (Å²) >= 11 is 0. The quantitative estimate of drug-likeness (QED) is 0.772. The Morgan fingerprint density at radius 1 is 1.38 bits per heavy atom. The van der Waals surface area contributed by atoms with E-state index in [4.69, 9.17) is 9.47 Å². The van der Waals surface area contributed by atoms with Gasteiger partial charge >= 0.3 is 0 Å². The van der Waals surface area contributed by atoms with Gasteiger partial charge in [-0.1, -0.05) is 30.3 Å². The number of rotatable bonds is 4. The Hall–Kier alpha value is -0.900. The van der Waals surface area contributed by atoms with Crippen molar-refractivity contribution in [3.8, 4) is 0 Å². The van der Waals surface area contributed by atoms with Crippen LogP contribution in [-0.2, 0) is 9.47 Å². The molecule has 16 heavy (non-hydrogen) atoms. The zero-order chi connectivity index (χ0) is 11.2. The van der Waals surface area contributed by atoms with Crippen molar-refractivity contribution in [2.75, 3.05) is 40.0 Å². The van der Waals surface area contributed by atoms with Crippen molar-refractivity contribution in [3.63, 3.8) is 0 Å². The highest BCUT2D eigenvalue weighted by molar-refractivity contribution is 5.18. The van der Waals surface area contributed by atoms with Gasteiger partial charge in [-0.15, -0.1) is 0 Å². The Balaban J connectivity index is 1.91. The molecule has 1 unspecified atom stereocenters. The van der Waals surface area contributed by atoms with Gasteiger partial charge in [-0.2, -0.15) is 0 Å².